The lowest BCUT2D eigenvalue weighted by molar-refractivity contribution is -0.134. The van der Waals surface area contributed by atoms with Gasteiger partial charge in [0.05, 0.1) is 11.4 Å². The zero-order chi connectivity index (χ0) is 19.1. The largest absolute Gasteiger partial charge is 0.325 e. The molecule has 0 bridgehead atoms. The van der Waals surface area contributed by atoms with Gasteiger partial charge in [-0.25, -0.2) is 17.5 Å². The normalized spacial score (nSPS) is 26.6. The Morgan fingerprint density at radius 1 is 1.27 bits per heavy atom. The average Bonchev–Trinajstić information content (AvgIpc) is 2.83. The molecule has 0 radical (unpaired) electrons. The Bertz CT molecular complexity index is 837. The van der Waals surface area contributed by atoms with E-state index in [2.05, 4.69) is 5.32 Å². The van der Waals surface area contributed by atoms with Crippen molar-refractivity contribution >= 4 is 22.0 Å². The molecular formula is C18H25N3O4S. The number of urea groups is 1. The average molecular weight is 379 g/mol. The molecule has 2 aliphatic rings. The van der Waals surface area contributed by atoms with Crippen molar-refractivity contribution in [2.75, 3.05) is 14.1 Å². The number of benzene rings is 1. The van der Waals surface area contributed by atoms with Gasteiger partial charge in [-0.3, -0.25) is 9.69 Å². The molecule has 1 saturated heterocycles. The summed E-state index contributed by atoms with van der Waals surface area (Å²) >= 11 is 0. The number of imide groups is 1. The predicted molar refractivity (Wildman–Crippen MR) is 96.8 cm³/mol. The van der Waals surface area contributed by atoms with Gasteiger partial charge in [-0.05, 0) is 36.5 Å². The molecule has 1 aliphatic carbocycles. The second-order valence-corrected chi connectivity index (χ2v) is 9.53. The molecule has 142 valence electrons. The van der Waals surface area contributed by atoms with Crippen LogP contribution in [0.3, 0.4) is 0 Å². The summed E-state index contributed by atoms with van der Waals surface area (Å²) in [5, 5.41) is 2.91. The molecule has 1 aromatic rings. The van der Waals surface area contributed by atoms with Crippen molar-refractivity contribution < 1.29 is 18.0 Å². The van der Waals surface area contributed by atoms with Gasteiger partial charge in [-0.1, -0.05) is 31.9 Å². The van der Waals surface area contributed by atoms with Gasteiger partial charge >= 0.3 is 6.03 Å². The van der Waals surface area contributed by atoms with Gasteiger partial charge in [-0.2, -0.15) is 0 Å². The number of hydrogen-bond acceptors (Lipinski definition) is 4. The minimum absolute atomic E-state index is 0.0654. The van der Waals surface area contributed by atoms with Gasteiger partial charge < -0.3 is 5.32 Å². The summed E-state index contributed by atoms with van der Waals surface area (Å²) in [5.74, 6) is -0.103. The maximum absolute atomic E-state index is 13.0. The van der Waals surface area contributed by atoms with Crippen LogP contribution in [0, 0.1) is 5.92 Å². The lowest BCUT2D eigenvalue weighted by atomic mass is 9.73. The van der Waals surface area contributed by atoms with Gasteiger partial charge in [0.25, 0.3) is 5.91 Å². The summed E-state index contributed by atoms with van der Waals surface area (Å²) in [6, 6.07) is 5.98. The molecule has 1 saturated carbocycles. The molecule has 8 heteroatoms. The van der Waals surface area contributed by atoms with Crippen LogP contribution in [-0.4, -0.2) is 49.2 Å². The smallest absolute Gasteiger partial charge is 0.323 e. The minimum Gasteiger partial charge on any atom is -0.323 e. The molecule has 1 aromatic carbocycles. The van der Waals surface area contributed by atoms with Gasteiger partial charge in [0.2, 0.25) is 10.0 Å². The number of rotatable bonds is 4. The highest BCUT2D eigenvalue weighted by atomic mass is 32.2. The minimum atomic E-state index is -3.57. The monoisotopic (exact) mass is 379 g/mol. The Balaban J connectivity index is 1.86. The molecule has 2 fully saturated rings. The molecule has 0 aromatic heterocycles. The first-order valence-electron chi connectivity index (χ1n) is 8.84. The molecule has 2 atom stereocenters. The zero-order valence-corrected chi connectivity index (χ0v) is 16.2. The van der Waals surface area contributed by atoms with Crippen LogP contribution in [0.25, 0.3) is 0 Å². The SMILES string of the molecule is C[C@@H]1CCCC[C@@]12NC(=O)N(Cc1cccc(S(=O)(=O)N(C)C)c1)C2=O. The first kappa shape index (κ1) is 18.8. The van der Waals surface area contributed by atoms with E-state index in [0.29, 0.717) is 12.0 Å². The van der Waals surface area contributed by atoms with E-state index < -0.39 is 21.6 Å². The highest BCUT2D eigenvalue weighted by Crippen LogP contribution is 2.38. The van der Waals surface area contributed by atoms with Crippen molar-refractivity contribution in [3.8, 4) is 0 Å². The molecule has 3 amide bonds. The fourth-order valence-electron chi connectivity index (χ4n) is 3.84. The molecule has 1 spiro atoms. The summed E-state index contributed by atoms with van der Waals surface area (Å²) in [7, 11) is -0.635. The lowest BCUT2D eigenvalue weighted by Gasteiger charge is -2.36. The number of amides is 3. The Morgan fingerprint density at radius 3 is 2.65 bits per heavy atom. The van der Waals surface area contributed by atoms with Crippen LogP contribution in [0.5, 0.6) is 0 Å². The number of nitrogens with zero attached hydrogens (tertiary/aromatic N) is 2. The molecular weight excluding hydrogens is 354 g/mol. The number of hydrogen-bond donors (Lipinski definition) is 1. The van der Waals surface area contributed by atoms with E-state index in [1.807, 2.05) is 6.92 Å². The number of sulfonamides is 1. The van der Waals surface area contributed by atoms with E-state index in [0.717, 1.165) is 23.6 Å². The fraction of sp³-hybridized carbons (Fsp3) is 0.556. The molecule has 26 heavy (non-hydrogen) atoms. The highest BCUT2D eigenvalue weighted by Gasteiger charge is 2.54. The quantitative estimate of drug-likeness (QED) is 0.810. The predicted octanol–water partition coefficient (Wildman–Crippen LogP) is 1.94. The van der Waals surface area contributed by atoms with Crippen molar-refractivity contribution in [2.24, 2.45) is 5.92 Å². The molecule has 7 nitrogen and oxygen atoms in total. The Labute approximate surface area is 154 Å². The summed E-state index contributed by atoms with van der Waals surface area (Å²) in [6.45, 7) is 2.07. The van der Waals surface area contributed by atoms with Crippen molar-refractivity contribution in [2.45, 2.75) is 49.6 Å². The summed E-state index contributed by atoms with van der Waals surface area (Å²) in [4.78, 5) is 26.8. The Hall–Kier alpha value is -1.93. The molecule has 1 heterocycles. The molecule has 1 aliphatic heterocycles. The fourth-order valence-corrected chi connectivity index (χ4v) is 4.81. The molecule has 0 unspecified atom stereocenters. The van der Waals surface area contributed by atoms with Gasteiger partial charge in [0, 0.05) is 14.1 Å². The molecule has 3 rings (SSSR count). The van der Waals surface area contributed by atoms with E-state index in [4.69, 9.17) is 0 Å². The second-order valence-electron chi connectivity index (χ2n) is 7.37. The summed E-state index contributed by atoms with van der Waals surface area (Å²) in [6.07, 6.45) is 3.55. The number of nitrogens with one attached hydrogen (secondary N) is 1. The van der Waals surface area contributed by atoms with E-state index in [-0.39, 0.29) is 23.3 Å². The van der Waals surface area contributed by atoms with Crippen LogP contribution < -0.4 is 5.32 Å². The van der Waals surface area contributed by atoms with Crippen LogP contribution in [-0.2, 0) is 21.4 Å². The van der Waals surface area contributed by atoms with Crippen LogP contribution in [0.1, 0.15) is 38.2 Å². The van der Waals surface area contributed by atoms with E-state index in [1.54, 1.807) is 12.1 Å². The Kier molecular flexibility index (Phi) is 4.83. The highest BCUT2D eigenvalue weighted by molar-refractivity contribution is 7.89. The van der Waals surface area contributed by atoms with Crippen LogP contribution in [0.2, 0.25) is 0 Å². The van der Waals surface area contributed by atoms with Crippen molar-refractivity contribution in [1.82, 2.24) is 14.5 Å². The van der Waals surface area contributed by atoms with E-state index in [1.165, 1.54) is 31.1 Å². The lowest BCUT2D eigenvalue weighted by Crippen LogP contribution is -2.53. The first-order valence-corrected chi connectivity index (χ1v) is 10.3. The van der Waals surface area contributed by atoms with Crippen molar-refractivity contribution in [3.63, 3.8) is 0 Å². The van der Waals surface area contributed by atoms with Crippen LogP contribution >= 0.6 is 0 Å². The summed E-state index contributed by atoms with van der Waals surface area (Å²) < 4.78 is 25.7. The topological polar surface area (TPSA) is 86.8 Å². The number of carbonyl (C=O) groups excluding carboxylic acids is 2. The van der Waals surface area contributed by atoms with E-state index >= 15 is 0 Å². The maximum atomic E-state index is 13.0. The standard InChI is InChI=1S/C18H25N3O4S/c1-13-7-4-5-10-18(13)16(22)21(17(23)19-18)12-14-8-6-9-15(11-14)26(24,25)20(2)3/h6,8-9,11,13H,4-5,7,10,12H2,1-3H3,(H,19,23)/t13-,18-/m1/s1. The number of carbonyl (C=O) groups is 2. The third-order valence-electron chi connectivity index (χ3n) is 5.52. The van der Waals surface area contributed by atoms with Crippen molar-refractivity contribution in [1.29, 1.82) is 0 Å². The summed E-state index contributed by atoms with van der Waals surface area (Å²) in [5.41, 5.74) is -0.195. The van der Waals surface area contributed by atoms with Crippen LogP contribution in [0.15, 0.2) is 29.2 Å². The van der Waals surface area contributed by atoms with Gasteiger partial charge in [-0.15, -0.1) is 0 Å². The van der Waals surface area contributed by atoms with Gasteiger partial charge in [0.15, 0.2) is 0 Å². The first-order chi connectivity index (χ1) is 12.2. The molecule has 1 N–H and O–H groups in total. The third kappa shape index (κ3) is 3.01. The third-order valence-corrected chi connectivity index (χ3v) is 7.33. The van der Waals surface area contributed by atoms with Gasteiger partial charge in [0.1, 0.15) is 5.54 Å². The Morgan fingerprint density at radius 2 is 2.00 bits per heavy atom. The zero-order valence-electron chi connectivity index (χ0n) is 15.4. The van der Waals surface area contributed by atoms with Crippen molar-refractivity contribution in [3.05, 3.63) is 29.8 Å². The maximum Gasteiger partial charge on any atom is 0.325 e. The second kappa shape index (κ2) is 6.66. The van der Waals surface area contributed by atoms with E-state index in [9.17, 15) is 18.0 Å². The van der Waals surface area contributed by atoms with Crippen LogP contribution in [0.4, 0.5) is 4.79 Å².